The molecule has 4 rings (SSSR count). The Kier molecular flexibility index (Phi) is 5.69. The van der Waals surface area contributed by atoms with Gasteiger partial charge < -0.3 is 9.80 Å². The van der Waals surface area contributed by atoms with Crippen molar-refractivity contribution in [1.29, 1.82) is 0 Å². The fraction of sp³-hybridized carbons (Fsp3) is 0.524. The van der Waals surface area contributed by atoms with E-state index in [4.69, 9.17) is 11.6 Å². The van der Waals surface area contributed by atoms with Gasteiger partial charge in [-0.15, -0.1) is 11.3 Å². The second-order valence-electron chi connectivity index (χ2n) is 7.55. The topological polar surface area (TPSA) is 40.6 Å². The number of likely N-dealkylation sites (tertiary alicyclic amines) is 2. The van der Waals surface area contributed by atoms with Gasteiger partial charge in [0.2, 0.25) is 5.91 Å². The lowest BCUT2D eigenvalue weighted by Crippen LogP contribution is -2.44. The molecule has 2 fully saturated rings. The summed E-state index contributed by atoms with van der Waals surface area (Å²) in [6, 6.07) is 7.85. The van der Waals surface area contributed by atoms with Crippen LogP contribution in [0.3, 0.4) is 0 Å². The molecule has 1 aromatic carbocycles. The van der Waals surface area contributed by atoms with Crippen molar-refractivity contribution in [3.8, 4) is 0 Å². The summed E-state index contributed by atoms with van der Waals surface area (Å²) in [5, 5.41) is 1.50. The first-order chi connectivity index (χ1) is 13.1. The van der Waals surface area contributed by atoms with Gasteiger partial charge >= 0.3 is 0 Å². The maximum atomic E-state index is 13.0. The van der Waals surface area contributed by atoms with Crippen molar-refractivity contribution >= 4 is 44.8 Å². The zero-order valence-electron chi connectivity index (χ0n) is 15.5. The quantitative estimate of drug-likeness (QED) is 0.720. The summed E-state index contributed by atoms with van der Waals surface area (Å²) in [5.41, 5.74) is 0. The number of benzene rings is 1. The molecule has 0 aliphatic carbocycles. The lowest BCUT2D eigenvalue weighted by atomic mass is 9.95. The minimum atomic E-state index is 0.00173. The molecule has 0 spiro atoms. The fourth-order valence-corrected chi connectivity index (χ4v) is 5.65. The zero-order chi connectivity index (χ0) is 18.8. The Labute approximate surface area is 169 Å². The Morgan fingerprint density at radius 2 is 1.59 bits per heavy atom. The SMILES string of the molecule is O=C(c1sc2ccccc2c1Cl)N1CCC(C(=O)N2CCCCCC2)CC1. The van der Waals surface area contributed by atoms with Crippen molar-refractivity contribution in [2.75, 3.05) is 26.2 Å². The first-order valence-electron chi connectivity index (χ1n) is 9.90. The van der Waals surface area contributed by atoms with E-state index in [9.17, 15) is 9.59 Å². The zero-order valence-corrected chi connectivity index (χ0v) is 17.0. The van der Waals surface area contributed by atoms with Crippen molar-refractivity contribution in [3.05, 3.63) is 34.2 Å². The number of piperidine rings is 1. The molecule has 6 heteroatoms. The number of rotatable bonds is 2. The van der Waals surface area contributed by atoms with Gasteiger partial charge in [-0.1, -0.05) is 42.6 Å². The number of thiophene rings is 1. The lowest BCUT2D eigenvalue weighted by Gasteiger charge is -2.34. The molecule has 0 bridgehead atoms. The largest absolute Gasteiger partial charge is 0.342 e. The first-order valence-corrected chi connectivity index (χ1v) is 11.1. The van der Waals surface area contributed by atoms with Crippen LogP contribution in [0.4, 0.5) is 0 Å². The summed E-state index contributed by atoms with van der Waals surface area (Å²) in [7, 11) is 0. The second-order valence-corrected chi connectivity index (χ2v) is 8.98. The highest BCUT2D eigenvalue weighted by Gasteiger charge is 2.32. The van der Waals surface area contributed by atoms with Gasteiger partial charge in [0.25, 0.3) is 5.91 Å². The number of hydrogen-bond donors (Lipinski definition) is 0. The highest BCUT2D eigenvalue weighted by atomic mass is 35.5. The average Bonchev–Trinajstić information content (AvgIpc) is 2.88. The molecule has 1 aromatic heterocycles. The molecule has 2 saturated heterocycles. The molecule has 2 amide bonds. The van der Waals surface area contributed by atoms with Crippen LogP contribution in [0.25, 0.3) is 10.1 Å². The summed E-state index contributed by atoms with van der Waals surface area (Å²) in [4.78, 5) is 30.3. The van der Waals surface area contributed by atoms with Gasteiger partial charge in [-0.2, -0.15) is 0 Å². The van der Waals surface area contributed by atoms with Crippen molar-refractivity contribution in [1.82, 2.24) is 9.80 Å². The lowest BCUT2D eigenvalue weighted by molar-refractivity contribution is -0.136. The van der Waals surface area contributed by atoms with Crippen LogP contribution in [0.1, 0.15) is 48.2 Å². The van der Waals surface area contributed by atoms with Crippen LogP contribution in [0.2, 0.25) is 5.02 Å². The van der Waals surface area contributed by atoms with Gasteiger partial charge in [0, 0.05) is 42.2 Å². The molecular weight excluding hydrogens is 380 g/mol. The number of hydrogen-bond acceptors (Lipinski definition) is 3. The Morgan fingerprint density at radius 3 is 2.26 bits per heavy atom. The summed E-state index contributed by atoms with van der Waals surface area (Å²) >= 11 is 7.93. The minimum absolute atomic E-state index is 0.00173. The van der Waals surface area contributed by atoms with Gasteiger partial charge in [0.05, 0.1) is 5.02 Å². The van der Waals surface area contributed by atoms with Crippen LogP contribution in [0.5, 0.6) is 0 Å². The molecular formula is C21H25ClN2O2S. The molecule has 2 aromatic rings. The Morgan fingerprint density at radius 1 is 0.926 bits per heavy atom. The molecule has 4 nitrogen and oxygen atoms in total. The van der Waals surface area contributed by atoms with Crippen molar-refractivity contribution in [2.45, 2.75) is 38.5 Å². The Balaban J connectivity index is 1.40. The predicted molar refractivity (Wildman–Crippen MR) is 111 cm³/mol. The van der Waals surface area contributed by atoms with E-state index in [0.29, 0.717) is 28.9 Å². The van der Waals surface area contributed by atoms with E-state index in [1.165, 1.54) is 24.2 Å². The van der Waals surface area contributed by atoms with Crippen LogP contribution in [0, 0.1) is 5.92 Å². The predicted octanol–water partition coefficient (Wildman–Crippen LogP) is 4.81. The number of amides is 2. The summed E-state index contributed by atoms with van der Waals surface area (Å²) < 4.78 is 1.04. The number of nitrogens with zero attached hydrogens (tertiary/aromatic N) is 2. The maximum absolute atomic E-state index is 13.0. The Bertz CT molecular complexity index is 834. The average molecular weight is 405 g/mol. The Hall–Kier alpha value is -1.59. The number of carbonyl (C=O) groups excluding carboxylic acids is 2. The van der Waals surface area contributed by atoms with Gasteiger partial charge in [-0.3, -0.25) is 9.59 Å². The van der Waals surface area contributed by atoms with Crippen LogP contribution >= 0.6 is 22.9 Å². The summed E-state index contributed by atoms with van der Waals surface area (Å²) in [5.74, 6) is 0.357. The minimum Gasteiger partial charge on any atom is -0.342 e. The van der Waals surface area contributed by atoms with Crippen LogP contribution in [0.15, 0.2) is 24.3 Å². The summed E-state index contributed by atoms with van der Waals surface area (Å²) in [6.45, 7) is 3.06. The van der Waals surface area contributed by atoms with Crippen LogP contribution in [-0.4, -0.2) is 47.8 Å². The molecule has 3 heterocycles. The van der Waals surface area contributed by atoms with Gasteiger partial charge in [0.1, 0.15) is 4.88 Å². The van der Waals surface area contributed by atoms with Gasteiger partial charge in [-0.05, 0) is 31.7 Å². The molecule has 0 N–H and O–H groups in total. The van der Waals surface area contributed by atoms with E-state index in [0.717, 1.165) is 48.9 Å². The highest BCUT2D eigenvalue weighted by Crippen LogP contribution is 2.36. The van der Waals surface area contributed by atoms with E-state index in [1.807, 2.05) is 29.2 Å². The maximum Gasteiger partial charge on any atom is 0.265 e. The summed E-state index contributed by atoms with van der Waals surface area (Å²) in [6.07, 6.45) is 6.20. The van der Waals surface area contributed by atoms with Crippen molar-refractivity contribution < 1.29 is 9.59 Å². The molecule has 2 aliphatic heterocycles. The van der Waals surface area contributed by atoms with Gasteiger partial charge in [-0.25, -0.2) is 0 Å². The smallest absolute Gasteiger partial charge is 0.265 e. The molecule has 2 aliphatic rings. The third-order valence-corrected chi connectivity index (χ3v) is 7.44. The third kappa shape index (κ3) is 3.85. The third-order valence-electron chi connectivity index (χ3n) is 5.78. The van der Waals surface area contributed by atoms with E-state index >= 15 is 0 Å². The number of carbonyl (C=O) groups is 2. The second kappa shape index (κ2) is 8.19. The van der Waals surface area contributed by atoms with E-state index in [-0.39, 0.29) is 11.8 Å². The monoisotopic (exact) mass is 404 g/mol. The van der Waals surface area contributed by atoms with E-state index in [1.54, 1.807) is 0 Å². The molecule has 0 radical (unpaired) electrons. The van der Waals surface area contributed by atoms with Gasteiger partial charge in [0.15, 0.2) is 0 Å². The normalized spacial score (nSPS) is 19.3. The number of fused-ring (bicyclic) bond motifs is 1. The van der Waals surface area contributed by atoms with Crippen molar-refractivity contribution in [2.24, 2.45) is 5.92 Å². The van der Waals surface area contributed by atoms with E-state index < -0.39 is 0 Å². The number of halogens is 1. The fourth-order valence-electron chi connectivity index (χ4n) is 4.17. The van der Waals surface area contributed by atoms with Crippen molar-refractivity contribution in [3.63, 3.8) is 0 Å². The molecule has 0 saturated carbocycles. The molecule has 0 unspecified atom stereocenters. The first kappa shape index (κ1) is 18.8. The standard InChI is InChI=1S/C21H25ClN2O2S/c22-18-16-7-3-4-8-17(16)27-19(18)21(26)24-13-9-15(10-14-24)20(25)23-11-5-1-2-6-12-23/h3-4,7-8,15H,1-2,5-6,9-14H2. The molecule has 0 atom stereocenters. The van der Waals surface area contributed by atoms with E-state index in [2.05, 4.69) is 4.90 Å². The van der Waals surface area contributed by atoms with Crippen LogP contribution in [-0.2, 0) is 4.79 Å². The molecule has 27 heavy (non-hydrogen) atoms. The highest BCUT2D eigenvalue weighted by molar-refractivity contribution is 7.21. The molecule has 144 valence electrons. The van der Waals surface area contributed by atoms with Crippen LogP contribution < -0.4 is 0 Å².